The highest BCUT2D eigenvalue weighted by Gasteiger charge is 2.46. The van der Waals surface area contributed by atoms with Gasteiger partial charge in [-0.05, 0) is 67.2 Å². The molecule has 1 amide bonds. The van der Waals surface area contributed by atoms with E-state index >= 15 is 0 Å². The van der Waals surface area contributed by atoms with Gasteiger partial charge in [-0.2, -0.15) is 0 Å². The van der Waals surface area contributed by atoms with Crippen LogP contribution in [0.15, 0.2) is 30.3 Å². The smallest absolute Gasteiger partial charge is 0.273 e. The summed E-state index contributed by atoms with van der Waals surface area (Å²) in [6, 6.07) is 11.0. The van der Waals surface area contributed by atoms with Gasteiger partial charge in [-0.3, -0.25) is 9.69 Å². The SMILES string of the molecule is CC(C)c1snnc1C(=O)NC1CC2(CCN(Cc3ccccc3)CC2)C1. The molecule has 4 rings (SSSR count). The summed E-state index contributed by atoms with van der Waals surface area (Å²) in [7, 11) is 0. The molecule has 6 heteroatoms. The Labute approximate surface area is 165 Å². The largest absolute Gasteiger partial charge is 0.348 e. The lowest BCUT2D eigenvalue weighted by Crippen LogP contribution is -2.54. The summed E-state index contributed by atoms with van der Waals surface area (Å²) >= 11 is 1.33. The lowest BCUT2D eigenvalue weighted by atomic mass is 9.60. The first kappa shape index (κ1) is 18.6. The van der Waals surface area contributed by atoms with Gasteiger partial charge in [0, 0.05) is 12.6 Å². The van der Waals surface area contributed by atoms with E-state index in [2.05, 4.69) is 64.0 Å². The molecule has 0 radical (unpaired) electrons. The average molecular weight is 385 g/mol. The van der Waals surface area contributed by atoms with Crippen molar-refractivity contribution in [3.05, 3.63) is 46.5 Å². The van der Waals surface area contributed by atoms with Crippen molar-refractivity contribution in [2.75, 3.05) is 13.1 Å². The molecule has 2 fully saturated rings. The summed E-state index contributed by atoms with van der Waals surface area (Å²) in [5.74, 6) is 0.237. The van der Waals surface area contributed by atoms with Crippen LogP contribution in [-0.4, -0.2) is 39.5 Å². The number of nitrogens with one attached hydrogen (secondary N) is 1. The Morgan fingerprint density at radius 2 is 1.96 bits per heavy atom. The second kappa shape index (κ2) is 7.68. The van der Waals surface area contributed by atoms with Crippen molar-refractivity contribution in [2.24, 2.45) is 5.41 Å². The van der Waals surface area contributed by atoms with E-state index in [0.717, 1.165) is 37.4 Å². The quantitative estimate of drug-likeness (QED) is 0.851. The first-order valence-electron chi connectivity index (χ1n) is 9.94. The molecule has 1 saturated carbocycles. The Bertz CT molecular complexity index is 772. The van der Waals surface area contributed by atoms with Crippen molar-refractivity contribution in [3.8, 4) is 0 Å². The zero-order valence-corrected chi connectivity index (χ0v) is 17.0. The van der Waals surface area contributed by atoms with E-state index in [-0.39, 0.29) is 11.8 Å². The number of nitrogens with zero attached hydrogens (tertiary/aromatic N) is 3. The maximum atomic E-state index is 12.5. The molecule has 144 valence electrons. The van der Waals surface area contributed by atoms with Gasteiger partial charge in [-0.15, -0.1) is 5.10 Å². The van der Waals surface area contributed by atoms with E-state index in [1.807, 2.05) is 0 Å². The van der Waals surface area contributed by atoms with Gasteiger partial charge in [0.05, 0.1) is 4.88 Å². The molecule has 1 aromatic heterocycles. The van der Waals surface area contributed by atoms with Crippen LogP contribution >= 0.6 is 11.5 Å². The van der Waals surface area contributed by atoms with Crippen LogP contribution in [0, 0.1) is 5.41 Å². The van der Waals surface area contributed by atoms with Gasteiger partial charge in [0.2, 0.25) is 0 Å². The second-order valence-electron chi connectivity index (χ2n) is 8.48. The summed E-state index contributed by atoms with van der Waals surface area (Å²) in [6.07, 6.45) is 4.68. The van der Waals surface area contributed by atoms with Gasteiger partial charge >= 0.3 is 0 Å². The van der Waals surface area contributed by atoms with Gasteiger partial charge in [0.15, 0.2) is 5.69 Å². The van der Waals surface area contributed by atoms with Crippen molar-refractivity contribution in [2.45, 2.75) is 58.0 Å². The van der Waals surface area contributed by atoms with Gasteiger partial charge in [0.25, 0.3) is 5.91 Å². The van der Waals surface area contributed by atoms with E-state index in [0.29, 0.717) is 17.2 Å². The third-order valence-electron chi connectivity index (χ3n) is 6.11. The van der Waals surface area contributed by atoms with Gasteiger partial charge in [-0.25, -0.2) is 0 Å². The van der Waals surface area contributed by atoms with Crippen LogP contribution in [0.25, 0.3) is 0 Å². The van der Waals surface area contributed by atoms with Crippen LogP contribution in [0.2, 0.25) is 0 Å². The number of likely N-dealkylation sites (tertiary alicyclic amines) is 1. The molecule has 1 N–H and O–H groups in total. The Kier molecular flexibility index (Phi) is 5.28. The fourth-order valence-electron chi connectivity index (χ4n) is 4.51. The fourth-order valence-corrected chi connectivity index (χ4v) is 5.15. The molecule has 2 heterocycles. The summed E-state index contributed by atoms with van der Waals surface area (Å²) < 4.78 is 3.97. The minimum atomic E-state index is -0.0474. The van der Waals surface area contributed by atoms with Crippen molar-refractivity contribution in [1.29, 1.82) is 0 Å². The molecule has 1 aliphatic carbocycles. The second-order valence-corrected chi connectivity index (χ2v) is 9.27. The zero-order chi connectivity index (χ0) is 18.9. The number of piperidine rings is 1. The summed E-state index contributed by atoms with van der Waals surface area (Å²) in [6.45, 7) is 7.51. The minimum absolute atomic E-state index is 0.0474. The maximum absolute atomic E-state index is 12.5. The molecule has 0 bridgehead atoms. The molecule has 2 aromatic rings. The van der Waals surface area contributed by atoms with Crippen LogP contribution in [0.5, 0.6) is 0 Å². The third-order valence-corrected chi connectivity index (χ3v) is 7.14. The monoisotopic (exact) mass is 384 g/mol. The number of carbonyl (C=O) groups excluding carboxylic acids is 1. The Morgan fingerprint density at radius 1 is 1.26 bits per heavy atom. The zero-order valence-electron chi connectivity index (χ0n) is 16.1. The molecular formula is C21H28N4OS. The highest BCUT2D eigenvalue weighted by molar-refractivity contribution is 7.05. The van der Waals surface area contributed by atoms with E-state index in [9.17, 15) is 4.79 Å². The van der Waals surface area contributed by atoms with E-state index < -0.39 is 0 Å². The molecule has 0 atom stereocenters. The predicted octanol–water partition coefficient (Wildman–Crippen LogP) is 3.84. The number of hydrogen-bond acceptors (Lipinski definition) is 5. The number of amides is 1. The summed E-state index contributed by atoms with van der Waals surface area (Å²) in [5, 5.41) is 7.24. The molecule has 27 heavy (non-hydrogen) atoms. The van der Waals surface area contributed by atoms with Gasteiger partial charge in [0.1, 0.15) is 0 Å². The molecule has 1 aromatic carbocycles. The number of benzene rings is 1. The number of carbonyl (C=O) groups is 1. The normalized spacial score (nSPS) is 20.0. The predicted molar refractivity (Wildman–Crippen MR) is 108 cm³/mol. The van der Waals surface area contributed by atoms with E-state index in [4.69, 9.17) is 0 Å². The van der Waals surface area contributed by atoms with Crippen LogP contribution in [0.1, 0.15) is 66.4 Å². The van der Waals surface area contributed by atoms with Gasteiger partial charge < -0.3 is 5.32 Å². The number of hydrogen-bond donors (Lipinski definition) is 1. The summed E-state index contributed by atoms with van der Waals surface area (Å²) in [5.41, 5.74) is 2.35. The maximum Gasteiger partial charge on any atom is 0.273 e. The first-order chi connectivity index (χ1) is 13.0. The number of rotatable bonds is 5. The molecule has 0 unspecified atom stereocenters. The Hall–Kier alpha value is -1.79. The summed E-state index contributed by atoms with van der Waals surface area (Å²) in [4.78, 5) is 16.1. The fraction of sp³-hybridized carbons (Fsp3) is 0.571. The minimum Gasteiger partial charge on any atom is -0.348 e. The molecule has 1 spiro atoms. The molecule has 5 nitrogen and oxygen atoms in total. The Balaban J connectivity index is 1.25. The van der Waals surface area contributed by atoms with E-state index in [1.165, 1.54) is 29.9 Å². The van der Waals surface area contributed by atoms with Gasteiger partial charge in [-0.1, -0.05) is 48.7 Å². The standard InChI is InChI=1S/C21H28N4OS/c1-15(2)19-18(23-24-27-19)20(26)22-17-12-21(13-17)8-10-25(11-9-21)14-16-6-4-3-5-7-16/h3-7,15,17H,8-14H2,1-2H3,(H,22,26). The lowest BCUT2D eigenvalue weighted by Gasteiger charge is -2.52. The van der Waals surface area contributed by atoms with Crippen LogP contribution in [0.4, 0.5) is 0 Å². The molecular weight excluding hydrogens is 356 g/mol. The molecule has 1 aliphatic heterocycles. The van der Waals surface area contributed by atoms with Crippen LogP contribution in [0.3, 0.4) is 0 Å². The highest BCUT2D eigenvalue weighted by atomic mass is 32.1. The van der Waals surface area contributed by atoms with Crippen LogP contribution < -0.4 is 5.32 Å². The molecule has 2 aliphatic rings. The van der Waals surface area contributed by atoms with Crippen LogP contribution in [-0.2, 0) is 6.54 Å². The van der Waals surface area contributed by atoms with Crippen molar-refractivity contribution >= 4 is 17.4 Å². The van der Waals surface area contributed by atoms with Crippen molar-refractivity contribution in [1.82, 2.24) is 19.8 Å². The first-order valence-corrected chi connectivity index (χ1v) is 10.7. The number of aromatic nitrogens is 2. The van der Waals surface area contributed by atoms with Crippen molar-refractivity contribution < 1.29 is 4.79 Å². The average Bonchev–Trinajstić information content (AvgIpc) is 3.13. The lowest BCUT2D eigenvalue weighted by molar-refractivity contribution is 0.00459. The highest BCUT2D eigenvalue weighted by Crippen LogP contribution is 2.49. The Morgan fingerprint density at radius 3 is 2.63 bits per heavy atom. The molecule has 1 saturated heterocycles. The third kappa shape index (κ3) is 4.06. The van der Waals surface area contributed by atoms with Crippen molar-refractivity contribution in [3.63, 3.8) is 0 Å². The van der Waals surface area contributed by atoms with E-state index in [1.54, 1.807) is 0 Å². The topological polar surface area (TPSA) is 58.1 Å².